The minimum Gasteiger partial charge on any atom is -0.497 e. The van der Waals surface area contributed by atoms with Gasteiger partial charge >= 0.3 is 0 Å². The van der Waals surface area contributed by atoms with Crippen molar-refractivity contribution in [2.45, 2.75) is 39.8 Å². The van der Waals surface area contributed by atoms with Crippen molar-refractivity contribution < 1.29 is 9.53 Å². The van der Waals surface area contributed by atoms with Crippen molar-refractivity contribution in [1.82, 2.24) is 14.9 Å². The number of nitrogens with one attached hydrogen (secondary N) is 1. The predicted octanol–water partition coefficient (Wildman–Crippen LogP) is 6.30. The number of methoxy groups -OCH3 is 1. The molecule has 1 aromatic heterocycles. The van der Waals surface area contributed by atoms with Crippen LogP contribution in [0.15, 0.2) is 78.9 Å². The zero-order valence-corrected chi connectivity index (χ0v) is 20.2. The zero-order chi connectivity index (χ0) is 24.1. The highest BCUT2D eigenvalue weighted by Crippen LogP contribution is 2.31. The molecule has 0 saturated carbocycles. The third kappa shape index (κ3) is 4.88. The molecule has 3 aromatic carbocycles. The SMILES string of the molecule is CCn1c(-c2ccccc2)nc(-c2cccc(C(C)C)c2)c1C(=O)NCc1cccc(OC)c1. The first-order valence-electron chi connectivity index (χ1n) is 11.7. The zero-order valence-electron chi connectivity index (χ0n) is 20.2. The fourth-order valence-electron chi connectivity index (χ4n) is 4.09. The number of hydrogen-bond acceptors (Lipinski definition) is 3. The molecule has 5 nitrogen and oxygen atoms in total. The van der Waals surface area contributed by atoms with E-state index in [-0.39, 0.29) is 5.91 Å². The molecule has 0 unspecified atom stereocenters. The van der Waals surface area contributed by atoms with Crippen LogP contribution in [-0.4, -0.2) is 22.6 Å². The van der Waals surface area contributed by atoms with Crippen LogP contribution in [0.3, 0.4) is 0 Å². The maximum absolute atomic E-state index is 13.6. The molecule has 0 radical (unpaired) electrons. The number of rotatable bonds is 8. The highest BCUT2D eigenvalue weighted by molar-refractivity contribution is 5.99. The second kappa shape index (κ2) is 10.4. The largest absolute Gasteiger partial charge is 0.497 e. The fraction of sp³-hybridized carbons (Fsp3) is 0.241. The maximum atomic E-state index is 13.6. The molecule has 0 atom stereocenters. The van der Waals surface area contributed by atoms with Gasteiger partial charge in [0.2, 0.25) is 0 Å². The summed E-state index contributed by atoms with van der Waals surface area (Å²) in [6, 6.07) is 26.1. The van der Waals surface area contributed by atoms with E-state index < -0.39 is 0 Å². The lowest BCUT2D eigenvalue weighted by atomic mass is 9.99. The number of ether oxygens (including phenoxy) is 1. The van der Waals surface area contributed by atoms with E-state index in [1.165, 1.54) is 5.56 Å². The van der Waals surface area contributed by atoms with Gasteiger partial charge < -0.3 is 14.6 Å². The lowest BCUT2D eigenvalue weighted by Crippen LogP contribution is -2.26. The van der Waals surface area contributed by atoms with E-state index in [4.69, 9.17) is 9.72 Å². The van der Waals surface area contributed by atoms with E-state index in [1.807, 2.05) is 78.2 Å². The molecular formula is C29H31N3O2. The van der Waals surface area contributed by atoms with Gasteiger partial charge in [0.1, 0.15) is 23.0 Å². The summed E-state index contributed by atoms with van der Waals surface area (Å²) >= 11 is 0. The average Bonchev–Trinajstić information content (AvgIpc) is 3.28. The Balaban J connectivity index is 1.78. The van der Waals surface area contributed by atoms with Crippen LogP contribution in [0.25, 0.3) is 22.6 Å². The Morgan fingerprint density at radius 3 is 2.41 bits per heavy atom. The molecule has 34 heavy (non-hydrogen) atoms. The monoisotopic (exact) mass is 453 g/mol. The van der Waals surface area contributed by atoms with Gasteiger partial charge in [0.25, 0.3) is 5.91 Å². The molecule has 0 bridgehead atoms. The molecule has 0 aliphatic carbocycles. The van der Waals surface area contributed by atoms with Crippen LogP contribution < -0.4 is 10.1 Å². The van der Waals surface area contributed by atoms with E-state index in [0.717, 1.165) is 28.3 Å². The fourth-order valence-corrected chi connectivity index (χ4v) is 4.09. The lowest BCUT2D eigenvalue weighted by molar-refractivity contribution is 0.0942. The predicted molar refractivity (Wildman–Crippen MR) is 137 cm³/mol. The molecular weight excluding hydrogens is 422 g/mol. The second-order valence-corrected chi connectivity index (χ2v) is 8.56. The van der Waals surface area contributed by atoms with E-state index in [1.54, 1.807) is 7.11 Å². The summed E-state index contributed by atoms with van der Waals surface area (Å²) in [6.07, 6.45) is 0. The van der Waals surface area contributed by atoms with Crippen LogP contribution in [0.5, 0.6) is 5.75 Å². The molecule has 5 heteroatoms. The van der Waals surface area contributed by atoms with Gasteiger partial charge in [-0.25, -0.2) is 4.98 Å². The van der Waals surface area contributed by atoms with Crippen LogP contribution in [0.4, 0.5) is 0 Å². The molecule has 4 aromatic rings. The maximum Gasteiger partial charge on any atom is 0.270 e. The van der Waals surface area contributed by atoms with Crippen molar-refractivity contribution in [2.75, 3.05) is 7.11 Å². The summed E-state index contributed by atoms with van der Waals surface area (Å²) in [5.74, 6) is 1.79. The van der Waals surface area contributed by atoms with Crippen LogP contribution in [-0.2, 0) is 13.1 Å². The van der Waals surface area contributed by atoms with E-state index in [9.17, 15) is 4.79 Å². The smallest absolute Gasteiger partial charge is 0.270 e. The first-order valence-corrected chi connectivity index (χ1v) is 11.7. The third-order valence-electron chi connectivity index (χ3n) is 5.94. The van der Waals surface area contributed by atoms with E-state index >= 15 is 0 Å². The van der Waals surface area contributed by atoms with Crippen molar-refractivity contribution in [1.29, 1.82) is 0 Å². The molecule has 0 aliphatic heterocycles. The summed E-state index contributed by atoms with van der Waals surface area (Å²) in [5.41, 5.74) is 5.39. The number of carbonyl (C=O) groups excluding carboxylic acids is 1. The number of hydrogen-bond donors (Lipinski definition) is 1. The van der Waals surface area contributed by atoms with Gasteiger partial charge in [0, 0.05) is 24.2 Å². The van der Waals surface area contributed by atoms with Gasteiger partial charge in [0.05, 0.1) is 7.11 Å². The van der Waals surface area contributed by atoms with Crippen LogP contribution in [0.2, 0.25) is 0 Å². The second-order valence-electron chi connectivity index (χ2n) is 8.56. The number of imidazole rings is 1. The summed E-state index contributed by atoms with van der Waals surface area (Å²) in [7, 11) is 1.64. The first kappa shape index (κ1) is 23.3. The molecule has 0 aliphatic rings. The Morgan fingerprint density at radius 1 is 0.971 bits per heavy atom. The summed E-state index contributed by atoms with van der Waals surface area (Å²) in [5, 5.41) is 3.10. The van der Waals surface area contributed by atoms with E-state index in [0.29, 0.717) is 30.4 Å². The van der Waals surface area contributed by atoms with Crippen molar-refractivity contribution in [2.24, 2.45) is 0 Å². The van der Waals surface area contributed by atoms with Crippen LogP contribution in [0, 0.1) is 0 Å². The topological polar surface area (TPSA) is 56.2 Å². The Hall–Kier alpha value is -3.86. The highest BCUT2D eigenvalue weighted by Gasteiger charge is 2.24. The van der Waals surface area contributed by atoms with Gasteiger partial charge in [0.15, 0.2) is 0 Å². The Labute approximate surface area is 201 Å². The number of aromatic nitrogens is 2. The number of carbonyl (C=O) groups is 1. The molecule has 1 N–H and O–H groups in total. The number of amides is 1. The highest BCUT2D eigenvalue weighted by atomic mass is 16.5. The molecule has 1 amide bonds. The minimum absolute atomic E-state index is 0.149. The molecule has 0 spiro atoms. The Kier molecular flexibility index (Phi) is 7.12. The normalized spacial score (nSPS) is 11.0. The molecule has 174 valence electrons. The Bertz CT molecular complexity index is 1280. The molecule has 1 heterocycles. The van der Waals surface area contributed by atoms with Crippen molar-refractivity contribution in [3.05, 3.63) is 95.7 Å². The summed E-state index contributed by atoms with van der Waals surface area (Å²) < 4.78 is 7.32. The lowest BCUT2D eigenvalue weighted by Gasteiger charge is -2.12. The van der Waals surface area contributed by atoms with Crippen LogP contribution >= 0.6 is 0 Å². The number of benzene rings is 3. The average molecular weight is 454 g/mol. The van der Waals surface area contributed by atoms with Crippen molar-refractivity contribution in [3.63, 3.8) is 0 Å². The van der Waals surface area contributed by atoms with Gasteiger partial charge in [-0.15, -0.1) is 0 Å². The molecule has 4 rings (SSSR count). The molecule has 0 fully saturated rings. The molecule has 0 saturated heterocycles. The summed E-state index contributed by atoms with van der Waals surface area (Å²) in [6.45, 7) is 7.41. The van der Waals surface area contributed by atoms with Gasteiger partial charge in [-0.2, -0.15) is 0 Å². The van der Waals surface area contributed by atoms with Crippen molar-refractivity contribution >= 4 is 5.91 Å². The number of nitrogens with zero attached hydrogens (tertiary/aromatic N) is 2. The van der Waals surface area contributed by atoms with Crippen molar-refractivity contribution in [3.8, 4) is 28.4 Å². The summed E-state index contributed by atoms with van der Waals surface area (Å²) in [4.78, 5) is 18.6. The quantitative estimate of drug-likeness (QED) is 0.341. The Morgan fingerprint density at radius 2 is 1.71 bits per heavy atom. The van der Waals surface area contributed by atoms with Gasteiger partial charge in [-0.05, 0) is 42.2 Å². The van der Waals surface area contributed by atoms with Crippen LogP contribution in [0.1, 0.15) is 48.3 Å². The third-order valence-corrected chi connectivity index (χ3v) is 5.94. The van der Waals surface area contributed by atoms with E-state index in [2.05, 4.69) is 31.3 Å². The van der Waals surface area contributed by atoms with Gasteiger partial charge in [-0.1, -0.05) is 74.5 Å². The standard InChI is InChI=1S/C29H31N3O2/c1-5-32-27(29(33)30-19-21-11-9-16-25(17-21)34-4)26(24-15-10-14-23(18-24)20(2)3)31-28(32)22-12-7-6-8-13-22/h6-18,20H,5,19H2,1-4H3,(H,30,33). The van der Waals surface area contributed by atoms with Gasteiger partial charge in [-0.3, -0.25) is 4.79 Å². The minimum atomic E-state index is -0.149. The first-order chi connectivity index (χ1) is 16.5.